The summed E-state index contributed by atoms with van der Waals surface area (Å²) >= 11 is 0. The molecule has 0 unspecified atom stereocenters. The smallest absolute Gasteiger partial charge is 0.238 e. The topological polar surface area (TPSA) is 94.2 Å². The molecule has 0 aliphatic carbocycles. The maximum atomic E-state index is 15.1. The molecule has 1 N–H and O–H groups in total. The van der Waals surface area contributed by atoms with Crippen molar-refractivity contribution in [2.45, 2.75) is 24.4 Å². The predicted molar refractivity (Wildman–Crippen MR) is 165 cm³/mol. The Morgan fingerprint density at radius 2 is 1.66 bits per heavy atom. The fourth-order valence-corrected chi connectivity index (χ4v) is 7.56. The highest BCUT2D eigenvalue weighted by molar-refractivity contribution is 6.18. The lowest BCUT2D eigenvalue weighted by Crippen LogP contribution is -2.51. The minimum Gasteiger partial charge on any atom is -0.497 e. The van der Waals surface area contributed by atoms with E-state index in [0.717, 1.165) is 16.8 Å². The van der Waals surface area contributed by atoms with Crippen LogP contribution >= 0.6 is 0 Å². The SMILES string of the molecule is COc1cccc(C(=O)[C@H]2[C@@H](C(=O)c3ccc4c(c3)OCO4)[C@@]3(C(=O)Nc4ccccc43)[C@H]3C=C(C)c4ccccc4N23)c1. The predicted octanol–water partition coefficient (Wildman–Crippen LogP) is 5.67. The molecule has 218 valence electrons. The fourth-order valence-electron chi connectivity index (χ4n) is 7.56. The fraction of sp³-hybridized carbons (Fsp3) is 0.194. The number of anilines is 2. The second kappa shape index (κ2) is 9.57. The number of ether oxygens (including phenoxy) is 3. The lowest BCUT2D eigenvalue weighted by atomic mass is 9.64. The molecular formula is C36H28N2O6. The van der Waals surface area contributed by atoms with Crippen LogP contribution in [0.3, 0.4) is 0 Å². The zero-order valence-corrected chi connectivity index (χ0v) is 24.1. The molecule has 4 aromatic rings. The third-order valence-electron chi connectivity index (χ3n) is 9.45. The van der Waals surface area contributed by atoms with Gasteiger partial charge in [0.25, 0.3) is 0 Å². The minimum atomic E-state index is -1.40. The number of amides is 1. The zero-order valence-electron chi connectivity index (χ0n) is 24.1. The van der Waals surface area contributed by atoms with Gasteiger partial charge in [0.2, 0.25) is 12.7 Å². The number of hydrogen-bond donors (Lipinski definition) is 1. The molecule has 1 spiro atoms. The third kappa shape index (κ3) is 3.48. The highest BCUT2D eigenvalue weighted by Gasteiger charge is 2.70. The van der Waals surface area contributed by atoms with E-state index in [4.69, 9.17) is 14.2 Å². The van der Waals surface area contributed by atoms with Crippen molar-refractivity contribution in [3.8, 4) is 17.2 Å². The number of nitrogens with zero attached hydrogens (tertiary/aromatic N) is 1. The standard InChI is InChI=1S/C36H28N2O6/c1-20-16-30-36(25-11-4-5-12-26(25)37-35(36)41)31(33(39)22-14-15-28-29(18-22)44-19-43-28)32(38(30)27-13-6-3-10-24(20)27)34(40)21-8-7-9-23(17-21)42-2/h3-18,30-32H,19H2,1-2H3,(H,37,41)/t30-,31+,32-,36+/m1/s1. The van der Waals surface area contributed by atoms with Crippen LogP contribution in [0.15, 0.2) is 97.1 Å². The average Bonchev–Trinajstić information content (AvgIpc) is 3.73. The van der Waals surface area contributed by atoms with E-state index in [1.807, 2.05) is 66.4 Å². The minimum absolute atomic E-state index is 0.0593. The normalized spacial score (nSPS) is 23.9. The van der Waals surface area contributed by atoms with E-state index in [0.29, 0.717) is 39.6 Å². The van der Waals surface area contributed by atoms with E-state index in [-0.39, 0.29) is 24.3 Å². The summed E-state index contributed by atoms with van der Waals surface area (Å²) < 4.78 is 16.6. The van der Waals surface area contributed by atoms with Gasteiger partial charge in [-0.25, -0.2) is 0 Å². The maximum absolute atomic E-state index is 15.1. The quantitative estimate of drug-likeness (QED) is 0.302. The van der Waals surface area contributed by atoms with Crippen LogP contribution in [0.1, 0.15) is 38.8 Å². The Balaban J connectivity index is 1.42. The molecule has 0 bridgehead atoms. The van der Waals surface area contributed by atoms with Crippen LogP contribution in [0.5, 0.6) is 17.2 Å². The number of nitrogens with one attached hydrogen (secondary N) is 1. The molecule has 1 fully saturated rings. The molecule has 4 aliphatic rings. The Kier molecular flexibility index (Phi) is 5.71. The molecule has 44 heavy (non-hydrogen) atoms. The van der Waals surface area contributed by atoms with Crippen LogP contribution < -0.4 is 24.4 Å². The third-order valence-corrected chi connectivity index (χ3v) is 9.45. The van der Waals surface area contributed by atoms with Gasteiger partial charge < -0.3 is 24.4 Å². The summed E-state index contributed by atoms with van der Waals surface area (Å²) in [6.45, 7) is 2.07. The summed E-state index contributed by atoms with van der Waals surface area (Å²) in [6, 6.07) is 25.6. The highest BCUT2D eigenvalue weighted by atomic mass is 16.7. The molecule has 8 nitrogen and oxygen atoms in total. The first-order valence-electron chi connectivity index (χ1n) is 14.5. The Bertz CT molecular complexity index is 1930. The van der Waals surface area contributed by atoms with Crippen LogP contribution in [0.25, 0.3) is 5.57 Å². The summed E-state index contributed by atoms with van der Waals surface area (Å²) in [5, 5.41) is 3.07. The maximum Gasteiger partial charge on any atom is 0.238 e. The van der Waals surface area contributed by atoms with E-state index in [1.54, 1.807) is 49.6 Å². The molecule has 0 aromatic heterocycles. The van der Waals surface area contributed by atoms with Crippen molar-refractivity contribution >= 4 is 34.4 Å². The van der Waals surface area contributed by atoms with Crippen molar-refractivity contribution in [2.75, 3.05) is 24.1 Å². The number of carbonyl (C=O) groups is 3. The van der Waals surface area contributed by atoms with Crippen LogP contribution in [-0.2, 0) is 10.2 Å². The first-order chi connectivity index (χ1) is 21.4. The average molecular weight is 585 g/mol. The van der Waals surface area contributed by atoms with Crippen LogP contribution in [0.4, 0.5) is 11.4 Å². The molecule has 4 atom stereocenters. The van der Waals surface area contributed by atoms with E-state index < -0.39 is 23.4 Å². The summed E-state index contributed by atoms with van der Waals surface area (Å²) in [5.74, 6) is -0.478. The molecule has 4 heterocycles. The number of Topliss-reactive ketones (excluding diaryl/α,β-unsaturated/α-hetero) is 2. The Hall–Kier alpha value is -5.37. The molecule has 4 aromatic carbocycles. The van der Waals surface area contributed by atoms with Crippen molar-refractivity contribution < 1.29 is 28.6 Å². The number of ketones is 2. The van der Waals surface area contributed by atoms with Crippen LogP contribution in [0, 0.1) is 5.92 Å². The van der Waals surface area contributed by atoms with Gasteiger partial charge in [0, 0.05) is 28.1 Å². The van der Waals surface area contributed by atoms with Gasteiger partial charge >= 0.3 is 0 Å². The van der Waals surface area contributed by atoms with E-state index in [9.17, 15) is 9.59 Å². The van der Waals surface area contributed by atoms with Crippen molar-refractivity contribution in [1.82, 2.24) is 0 Å². The van der Waals surface area contributed by atoms with Gasteiger partial charge in [-0.05, 0) is 60.5 Å². The zero-order chi connectivity index (χ0) is 30.2. The Labute approximate surface area is 253 Å². The van der Waals surface area contributed by atoms with E-state index >= 15 is 4.79 Å². The Morgan fingerprint density at radius 1 is 0.886 bits per heavy atom. The summed E-state index contributed by atoms with van der Waals surface area (Å²) in [5.41, 5.74) is 3.39. The summed E-state index contributed by atoms with van der Waals surface area (Å²) in [4.78, 5) is 46.5. The molecule has 4 aliphatic heterocycles. The number of rotatable bonds is 5. The summed E-state index contributed by atoms with van der Waals surface area (Å²) in [7, 11) is 1.55. The second-order valence-electron chi connectivity index (χ2n) is 11.5. The highest BCUT2D eigenvalue weighted by Crippen LogP contribution is 2.59. The van der Waals surface area contributed by atoms with Gasteiger partial charge in [0.1, 0.15) is 17.2 Å². The van der Waals surface area contributed by atoms with Gasteiger partial charge in [0.15, 0.2) is 23.1 Å². The number of hydrogen-bond acceptors (Lipinski definition) is 7. The number of allylic oxidation sites excluding steroid dienone is 1. The first kappa shape index (κ1) is 26.3. The molecule has 8 rings (SSSR count). The number of benzene rings is 4. The van der Waals surface area contributed by atoms with Crippen molar-refractivity contribution in [3.05, 3.63) is 119 Å². The van der Waals surface area contributed by atoms with Gasteiger partial charge in [-0.15, -0.1) is 0 Å². The largest absolute Gasteiger partial charge is 0.497 e. The number of methoxy groups -OCH3 is 1. The van der Waals surface area contributed by atoms with Crippen molar-refractivity contribution in [2.24, 2.45) is 5.92 Å². The molecule has 1 amide bonds. The van der Waals surface area contributed by atoms with Crippen molar-refractivity contribution in [1.29, 1.82) is 0 Å². The van der Waals surface area contributed by atoms with Gasteiger partial charge in [-0.3, -0.25) is 14.4 Å². The van der Waals surface area contributed by atoms with E-state index in [2.05, 4.69) is 5.32 Å². The van der Waals surface area contributed by atoms with Gasteiger partial charge in [0.05, 0.1) is 19.1 Å². The van der Waals surface area contributed by atoms with Crippen LogP contribution in [0.2, 0.25) is 0 Å². The lowest BCUT2D eigenvalue weighted by Gasteiger charge is -2.39. The molecule has 0 radical (unpaired) electrons. The van der Waals surface area contributed by atoms with Gasteiger partial charge in [-0.1, -0.05) is 54.6 Å². The second-order valence-corrected chi connectivity index (χ2v) is 11.5. The molecule has 0 saturated carbocycles. The first-order valence-corrected chi connectivity index (χ1v) is 14.5. The number of para-hydroxylation sites is 2. The van der Waals surface area contributed by atoms with Gasteiger partial charge in [-0.2, -0.15) is 0 Å². The monoisotopic (exact) mass is 584 g/mol. The Morgan fingerprint density at radius 3 is 2.52 bits per heavy atom. The molecule has 8 heteroatoms. The number of carbonyl (C=O) groups excluding carboxylic acids is 3. The molecular weight excluding hydrogens is 556 g/mol. The lowest BCUT2D eigenvalue weighted by molar-refractivity contribution is -0.121. The van der Waals surface area contributed by atoms with E-state index in [1.165, 1.54) is 0 Å². The molecule has 1 saturated heterocycles. The number of fused-ring (bicyclic) bond motifs is 7. The summed E-state index contributed by atoms with van der Waals surface area (Å²) in [6.07, 6.45) is 2.04. The van der Waals surface area contributed by atoms with Crippen molar-refractivity contribution in [3.63, 3.8) is 0 Å². The van der Waals surface area contributed by atoms with Crippen LogP contribution in [-0.4, -0.2) is 43.5 Å².